The van der Waals surface area contributed by atoms with Crippen LogP contribution in [0, 0.1) is 17.2 Å². The van der Waals surface area contributed by atoms with E-state index in [9.17, 15) is 18.0 Å². The zero-order valence-electron chi connectivity index (χ0n) is 17.6. The molecular formula is C24H21F3N4OS. The van der Waals surface area contributed by atoms with Crippen LogP contribution in [-0.2, 0) is 6.18 Å². The summed E-state index contributed by atoms with van der Waals surface area (Å²) in [6, 6.07) is 11.3. The van der Waals surface area contributed by atoms with Gasteiger partial charge >= 0.3 is 6.18 Å². The molecule has 3 aromatic rings. The summed E-state index contributed by atoms with van der Waals surface area (Å²) in [5.74, 6) is -0.180. The average Bonchev–Trinajstić information content (AvgIpc) is 3.28. The fourth-order valence-corrected chi connectivity index (χ4v) is 4.86. The Labute approximate surface area is 192 Å². The van der Waals surface area contributed by atoms with E-state index in [4.69, 9.17) is 5.26 Å². The molecule has 0 unspecified atom stereocenters. The van der Waals surface area contributed by atoms with Crippen LogP contribution >= 0.6 is 11.3 Å². The number of aromatic nitrogens is 1. The normalized spacial score (nSPS) is 18.5. The Kier molecular flexibility index (Phi) is 6.38. The minimum absolute atomic E-state index is 0.0196. The summed E-state index contributed by atoms with van der Waals surface area (Å²) in [6.45, 7) is 4.09. The summed E-state index contributed by atoms with van der Waals surface area (Å²) in [7, 11) is 0. The van der Waals surface area contributed by atoms with Crippen molar-refractivity contribution in [2.24, 2.45) is 5.92 Å². The van der Waals surface area contributed by atoms with Crippen LogP contribution in [0.5, 0.6) is 0 Å². The molecule has 2 aromatic heterocycles. The number of fused-ring (bicyclic) bond motifs is 1. The second-order valence-electron chi connectivity index (χ2n) is 8.02. The van der Waals surface area contributed by atoms with Gasteiger partial charge in [0.1, 0.15) is 16.6 Å². The molecule has 2 heterocycles. The van der Waals surface area contributed by atoms with E-state index < -0.39 is 11.9 Å². The third-order valence-corrected chi connectivity index (χ3v) is 6.76. The number of para-hydroxylation sites is 1. The Morgan fingerprint density at radius 1 is 1.18 bits per heavy atom. The number of alkyl halides is 3. The van der Waals surface area contributed by atoms with E-state index in [1.54, 1.807) is 35.7 Å². The number of carbonyl (C=O) groups excluding carboxylic acids is 1. The number of nitriles is 1. The maximum Gasteiger partial charge on any atom is 0.433 e. The van der Waals surface area contributed by atoms with Gasteiger partial charge in [0.15, 0.2) is 0 Å². The first-order valence-corrected chi connectivity index (χ1v) is 11.4. The van der Waals surface area contributed by atoms with Crippen molar-refractivity contribution in [3.05, 3.63) is 70.2 Å². The lowest BCUT2D eigenvalue weighted by Gasteiger charge is -2.31. The van der Waals surface area contributed by atoms with E-state index in [2.05, 4.69) is 22.2 Å². The van der Waals surface area contributed by atoms with E-state index >= 15 is 0 Å². The predicted molar refractivity (Wildman–Crippen MR) is 122 cm³/mol. The number of amides is 1. The second kappa shape index (κ2) is 9.24. The first-order valence-electron chi connectivity index (χ1n) is 10.5. The van der Waals surface area contributed by atoms with Gasteiger partial charge < -0.3 is 10.6 Å². The molecule has 1 amide bonds. The van der Waals surface area contributed by atoms with Gasteiger partial charge in [0.05, 0.1) is 11.1 Å². The fraction of sp³-hybridized carbons (Fsp3) is 0.292. The van der Waals surface area contributed by atoms with Crippen molar-refractivity contribution in [2.75, 3.05) is 5.32 Å². The number of pyridine rings is 1. The molecule has 0 saturated heterocycles. The maximum atomic E-state index is 13.3. The van der Waals surface area contributed by atoms with Crippen molar-refractivity contribution in [1.82, 2.24) is 10.3 Å². The SMILES string of the molecule is C=C(Nc1cc(C(F)(F)F)nc2ccccc12)C1CCC(NC(=O)c2sccc2C#N)CC1. The molecule has 33 heavy (non-hydrogen) atoms. The number of benzene rings is 1. The molecule has 5 nitrogen and oxygen atoms in total. The number of halogens is 3. The lowest BCUT2D eigenvalue weighted by atomic mass is 9.84. The van der Waals surface area contributed by atoms with Gasteiger partial charge in [0.2, 0.25) is 0 Å². The third kappa shape index (κ3) is 5.01. The van der Waals surface area contributed by atoms with Crippen molar-refractivity contribution in [2.45, 2.75) is 37.9 Å². The number of rotatable bonds is 5. The first-order chi connectivity index (χ1) is 15.8. The number of hydrogen-bond donors (Lipinski definition) is 2. The van der Waals surface area contributed by atoms with Gasteiger partial charge in [-0.15, -0.1) is 11.3 Å². The molecule has 0 bridgehead atoms. The highest BCUT2D eigenvalue weighted by atomic mass is 32.1. The van der Waals surface area contributed by atoms with Crippen molar-refractivity contribution >= 4 is 33.8 Å². The molecule has 0 radical (unpaired) electrons. The highest BCUT2D eigenvalue weighted by Crippen LogP contribution is 2.35. The van der Waals surface area contributed by atoms with E-state index in [0.717, 1.165) is 31.7 Å². The summed E-state index contributed by atoms with van der Waals surface area (Å²) in [5.41, 5.74) is 0.656. The topological polar surface area (TPSA) is 77.8 Å². The molecular weight excluding hydrogens is 449 g/mol. The van der Waals surface area contributed by atoms with E-state index in [1.807, 2.05) is 6.07 Å². The van der Waals surface area contributed by atoms with Crippen LogP contribution in [0.25, 0.3) is 10.9 Å². The van der Waals surface area contributed by atoms with Crippen LogP contribution in [0.3, 0.4) is 0 Å². The zero-order valence-corrected chi connectivity index (χ0v) is 18.4. The zero-order chi connectivity index (χ0) is 23.6. The van der Waals surface area contributed by atoms with Gasteiger partial charge in [0, 0.05) is 22.8 Å². The Morgan fingerprint density at radius 3 is 2.61 bits per heavy atom. The highest BCUT2D eigenvalue weighted by Gasteiger charge is 2.33. The van der Waals surface area contributed by atoms with Crippen LogP contribution in [0.2, 0.25) is 0 Å². The van der Waals surface area contributed by atoms with Gasteiger partial charge in [-0.2, -0.15) is 18.4 Å². The van der Waals surface area contributed by atoms with Gasteiger partial charge in [0.25, 0.3) is 5.91 Å². The monoisotopic (exact) mass is 470 g/mol. The minimum Gasteiger partial charge on any atom is -0.359 e. The molecule has 170 valence electrons. The molecule has 1 aliphatic rings. The molecule has 0 atom stereocenters. The fourth-order valence-electron chi connectivity index (χ4n) is 4.11. The Hall–Kier alpha value is -3.38. The molecule has 0 spiro atoms. The number of nitrogens with one attached hydrogen (secondary N) is 2. The van der Waals surface area contributed by atoms with Gasteiger partial charge in [-0.25, -0.2) is 4.98 Å². The summed E-state index contributed by atoms with van der Waals surface area (Å²) in [4.78, 5) is 16.6. The summed E-state index contributed by atoms with van der Waals surface area (Å²) >= 11 is 1.24. The predicted octanol–water partition coefficient (Wildman–Crippen LogP) is 6.10. The number of hydrogen-bond acceptors (Lipinski definition) is 5. The molecule has 1 saturated carbocycles. The van der Waals surface area contributed by atoms with Crippen LogP contribution < -0.4 is 10.6 Å². The highest BCUT2D eigenvalue weighted by molar-refractivity contribution is 7.12. The van der Waals surface area contributed by atoms with Crippen molar-refractivity contribution in [1.29, 1.82) is 5.26 Å². The molecule has 2 N–H and O–H groups in total. The summed E-state index contributed by atoms with van der Waals surface area (Å²) < 4.78 is 40.0. The largest absolute Gasteiger partial charge is 0.433 e. The van der Waals surface area contributed by atoms with E-state index in [0.29, 0.717) is 27.2 Å². The lowest BCUT2D eigenvalue weighted by Crippen LogP contribution is -2.38. The number of allylic oxidation sites excluding steroid dienone is 1. The molecule has 1 fully saturated rings. The smallest absolute Gasteiger partial charge is 0.359 e. The summed E-state index contributed by atoms with van der Waals surface area (Å²) in [6.07, 6.45) is -1.64. The Morgan fingerprint density at radius 2 is 1.91 bits per heavy atom. The molecule has 9 heteroatoms. The van der Waals surface area contributed by atoms with Crippen LogP contribution in [0.4, 0.5) is 18.9 Å². The van der Waals surface area contributed by atoms with Gasteiger partial charge in [-0.05, 0) is 55.2 Å². The van der Waals surface area contributed by atoms with Crippen molar-refractivity contribution in [3.8, 4) is 6.07 Å². The number of nitrogens with zero attached hydrogens (tertiary/aromatic N) is 2. The van der Waals surface area contributed by atoms with Gasteiger partial charge in [-0.3, -0.25) is 4.79 Å². The van der Waals surface area contributed by atoms with Crippen LogP contribution in [0.1, 0.15) is 46.6 Å². The van der Waals surface area contributed by atoms with E-state index in [-0.39, 0.29) is 23.4 Å². The van der Waals surface area contributed by atoms with Crippen LogP contribution in [-0.4, -0.2) is 16.9 Å². The quantitative estimate of drug-likeness (QED) is 0.472. The van der Waals surface area contributed by atoms with Crippen molar-refractivity contribution in [3.63, 3.8) is 0 Å². The number of carbonyl (C=O) groups is 1. The lowest BCUT2D eigenvalue weighted by molar-refractivity contribution is -0.140. The molecule has 1 aromatic carbocycles. The van der Waals surface area contributed by atoms with Crippen LogP contribution in [0.15, 0.2) is 54.1 Å². The summed E-state index contributed by atoms with van der Waals surface area (Å²) in [5, 5.41) is 17.5. The first kappa shape index (κ1) is 22.8. The van der Waals surface area contributed by atoms with Gasteiger partial charge in [-0.1, -0.05) is 24.8 Å². The standard InChI is InChI=1S/C24H21F3N4OS/c1-14(29-20-12-21(24(25,26)27)31-19-5-3-2-4-18(19)20)15-6-8-17(9-7-15)30-23(32)22-16(13-28)10-11-33-22/h2-5,10-12,15,17H,1,6-9H2,(H,29,31)(H,30,32). The minimum atomic E-state index is -4.55. The molecule has 1 aliphatic carbocycles. The maximum absolute atomic E-state index is 13.3. The number of thiophene rings is 1. The average molecular weight is 471 g/mol. The number of anilines is 1. The van der Waals surface area contributed by atoms with E-state index in [1.165, 1.54) is 11.3 Å². The molecule has 4 rings (SSSR count). The Bertz CT molecular complexity index is 1240. The Balaban J connectivity index is 1.41. The van der Waals surface area contributed by atoms with Crippen molar-refractivity contribution < 1.29 is 18.0 Å². The second-order valence-corrected chi connectivity index (χ2v) is 8.93. The molecule has 0 aliphatic heterocycles. The third-order valence-electron chi connectivity index (χ3n) is 5.85.